The average molecular weight is 253 g/mol. The van der Waals surface area contributed by atoms with Gasteiger partial charge in [0.25, 0.3) is 0 Å². The normalized spacial score (nSPS) is 9.74. The molecule has 96 valence electrons. The molecule has 0 saturated heterocycles. The molecule has 0 spiro atoms. The largest absolute Gasteiger partial charge is 0.497 e. The third-order valence-corrected chi connectivity index (χ3v) is 2.87. The van der Waals surface area contributed by atoms with E-state index in [0.717, 1.165) is 22.6 Å². The van der Waals surface area contributed by atoms with Crippen LogP contribution in [0.3, 0.4) is 0 Å². The first kappa shape index (κ1) is 13.0. The smallest absolute Gasteiger partial charge is 0.124 e. The number of hydrogen-bond donors (Lipinski definition) is 0. The minimum absolute atomic E-state index is 0.472. The molecule has 0 aromatic heterocycles. The van der Waals surface area contributed by atoms with Crippen LogP contribution in [0.1, 0.15) is 16.7 Å². The van der Waals surface area contributed by atoms with Crippen LogP contribution >= 0.6 is 0 Å². The lowest BCUT2D eigenvalue weighted by Crippen LogP contribution is -1.97. The van der Waals surface area contributed by atoms with Crippen LogP contribution < -0.4 is 9.47 Å². The number of aryl methyl sites for hydroxylation is 1. The molecule has 0 radical (unpaired) electrons. The van der Waals surface area contributed by atoms with Gasteiger partial charge in [-0.15, -0.1) is 0 Å². The highest BCUT2D eigenvalue weighted by molar-refractivity contribution is 5.42. The number of methoxy groups -OCH3 is 1. The van der Waals surface area contributed by atoms with Crippen LogP contribution in [0, 0.1) is 18.3 Å². The van der Waals surface area contributed by atoms with Gasteiger partial charge in [-0.3, -0.25) is 0 Å². The molecular weight excluding hydrogens is 238 g/mol. The molecule has 0 heterocycles. The SMILES string of the molecule is COc1ccc(COc2cc(C#N)ccc2C)cc1. The van der Waals surface area contributed by atoms with Crippen molar-refractivity contribution in [1.82, 2.24) is 0 Å². The Hall–Kier alpha value is -2.47. The van der Waals surface area contributed by atoms with E-state index >= 15 is 0 Å². The molecule has 0 aliphatic carbocycles. The Kier molecular flexibility index (Phi) is 4.04. The predicted octanol–water partition coefficient (Wildman–Crippen LogP) is 3.45. The van der Waals surface area contributed by atoms with E-state index in [-0.39, 0.29) is 0 Å². The van der Waals surface area contributed by atoms with Crippen molar-refractivity contribution in [3.63, 3.8) is 0 Å². The minimum Gasteiger partial charge on any atom is -0.497 e. The van der Waals surface area contributed by atoms with E-state index < -0.39 is 0 Å². The van der Waals surface area contributed by atoms with Crippen LogP contribution in [0.25, 0.3) is 0 Å². The highest BCUT2D eigenvalue weighted by atomic mass is 16.5. The van der Waals surface area contributed by atoms with Gasteiger partial charge in [-0.05, 0) is 42.3 Å². The maximum Gasteiger partial charge on any atom is 0.124 e. The zero-order valence-corrected chi connectivity index (χ0v) is 11.0. The number of nitrogens with zero attached hydrogens (tertiary/aromatic N) is 1. The van der Waals surface area contributed by atoms with Gasteiger partial charge in [0.1, 0.15) is 18.1 Å². The minimum atomic E-state index is 0.472. The molecule has 3 heteroatoms. The van der Waals surface area contributed by atoms with Gasteiger partial charge in [-0.1, -0.05) is 18.2 Å². The maximum absolute atomic E-state index is 8.88. The van der Waals surface area contributed by atoms with Crippen molar-refractivity contribution in [1.29, 1.82) is 5.26 Å². The molecule has 0 atom stereocenters. The summed E-state index contributed by atoms with van der Waals surface area (Å²) in [6.45, 7) is 2.43. The summed E-state index contributed by atoms with van der Waals surface area (Å²) >= 11 is 0. The fraction of sp³-hybridized carbons (Fsp3) is 0.188. The Morgan fingerprint density at radius 1 is 1.11 bits per heavy atom. The number of rotatable bonds is 4. The molecule has 0 aliphatic heterocycles. The van der Waals surface area contributed by atoms with Crippen molar-refractivity contribution in [2.24, 2.45) is 0 Å². The summed E-state index contributed by atoms with van der Waals surface area (Å²) in [5.74, 6) is 1.57. The number of benzene rings is 2. The van der Waals surface area contributed by atoms with Crippen molar-refractivity contribution in [3.8, 4) is 17.6 Å². The fourth-order valence-electron chi connectivity index (χ4n) is 1.71. The Morgan fingerprint density at radius 3 is 2.47 bits per heavy atom. The van der Waals surface area contributed by atoms with Gasteiger partial charge >= 0.3 is 0 Å². The molecule has 0 N–H and O–H groups in total. The second-order valence-electron chi connectivity index (χ2n) is 4.23. The first-order chi connectivity index (χ1) is 9.22. The van der Waals surface area contributed by atoms with E-state index in [1.165, 1.54) is 0 Å². The zero-order valence-electron chi connectivity index (χ0n) is 11.0. The van der Waals surface area contributed by atoms with Crippen molar-refractivity contribution < 1.29 is 9.47 Å². The summed E-state index contributed by atoms with van der Waals surface area (Å²) in [7, 11) is 1.64. The summed E-state index contributed by atoms with van der Waals surface area (Å²) < 4.78 is 10.9. The lowest BCUT2D eigenvalue weighted by molar-refractivity contribution is 0.304. The van der Waals surface area contributed by atoms with Gasteiger partial charge in [0.05, 0.1) is 18.7 Å². The van der Waals surface area contributed by atoms with Gasteiger partial charge < -0.3 is 9.47 Å². The molecule has 19 heavy (non-hydrogen) atoms. The fourth-order valence-corrected chi connectivity index (χ4v) is 1.71. The quantitative estimate of drug-likeness (QED) is 0.838. The molecule has 0 aliphatic rings. The molecule has 0 unspecified atom stereocenters. The molecule has 2 rings (SSSR count). The first-order valence-electron chi connectivity index (χ1n) is 5.99. The van der Waals surface area contributed by atoms with Gasteiger partial charge in [0.15, 0.2) is 0 Å². The standard InChI is InChI=1S/C16H15NO2/c1-12-3-4-14(10-17)9-16(12)19-11-13-5-7-15(18-2)8-6-13/h3-9H,11H2,1-2H3. The predicted molar refractivity (Wildman–Crippen MR) is 73.2 cm³/mol. The third-order valence-electron chi connectivity index (χ3n) is 2.87. The Morgan fingerprint density at radius 2 is 1.84 bits per heavy atom. The lowest BCUT2D eigenvalue weighted by Gasteiger charge is -2.09. The highest BCUT2D eigenvalue weighted by Crippen LogP contribution is 2.21. The van der Waals surface area contributed by atoms with Crippen molar-refractivity contribution in [2.45, 2.75) is 13.5 Å². The maximum atomic E-state index is 8.88. The van der Waals surface area contributed by atoms with E-state index in [4.69, 9.17) is 14.7 Å². The van der Waals surface area contributed by atoms with E-state index in [1.54, 1.807) is 19.2 Å². The van der Waals surface area contributed by atoms with Gasteiger partial charge in [-0.2, -0.15) is 5.26 Å². The molecular formula is C16H15NO2. The molecule has 0 bridgehead atoms. The van der Waals surface area contributed by atoms with Gasteiger partial charge in [-0.25, -0.2) is 0 Å². The summed E-state index contributed by atoms with van der Waals surface area (Å²) in [6, 6.07) is 15.3. The van der Waals surface area contributed by atoms with Gasteiger partial charge in [0.2, 0.25) is 0 Å². The van der Waals surface area contributed by atoms with Crippen LogP contribution in [0.5, 0.6) is 11.5 Å². The van der Waals surface area contributed by atoms with Gasteiger partial charge in [0, 0.05) is 0 Å². The third kappa shape index (κ3) is 3.26. The summed E-state index contributed by atoms with van der Waals surface area (Å²) in [4.78, 5) is 0. The molecule has 0 amide bonds. The molecule has 2 aromatic rings. The van der Waals surface area contributed by atoms with Crippen molar-refractivity contribution in [3.05, 3.63) is 59.2 Å². The van der Waals surface area contributed by atoms with Crippen molar-refractivity contribution in [2.75, 3.05) is 7.11 Å². The first-order valence-corrected chi connectivity index (χ1v) is 5.99. The molecule has 3 nitrogen and oxygen atoms in total. The number of nitriles is 1. The Labute approximate surface area is 113 Å². The average Bonchev–Trinajstić information content (AvgIpc) is 2.47. The van der Waals surface area contributed by atoms with E-state index in [2.05, 4.69) is 6.07 Å². The lowest BCUT2D eigenvalue weighted by atomic mass is 10.1. The van der Waals surface area contributed by atoms with Crippen LogP contribution in [0.4, 0.5) is 0 Å². The second-order valence-corrected chi connectivity index (χ2v) is 4.23. The van der Waals surface area contributed by atoms with E-state index in [9.17, 15) is 0 Å². The Bertz CT molecular complexity index is 597. The topological polar surface area (TPSA) is 42.2 Å². The van der Waals surface area contributed by atoms with Crippen LogP contribution in [-0.2, 0) is 6.61 Å². The zero-order chi connectivity index (χ0) is 13.7. The number of ether oxygens (including phenoxy) is 2. The van der Waals surface area contributed by atoms with Crippen LogP contribution in [0.15, 0.2) is 42.5 Å². The van der Waals surface area contributed by atoms with E-state index in [0.29, 0.717) is 12.2 Å². The van der Waals surface area contributed by atoms with Crippen LogP contribution in [0.2, 0.25) is 0 Å². The second kappa shape index (κ2) is 5.92. The summed E-state index contributed by atoms with van der Waals surface area (Å²) in [5, 5.41) is 8.88. The summed E-state index contributed by atoms with van der Waals surface area (Å²) in [5.41, 5.74) is 2.69. The van der Waals surface area contributed by atoms with Crippen LogP contribution in [-0.4, -0.2) is 7.11 Å². The summed E-state index contributed by atoms with van der Waals surface area (Å²) in [6.07, 6.45) is 0. The van der Waals surface area contributed by atoms with Crippen molar-refractivity contribution >= 4 is 0 Å². The molecule has 0 saturated carbocycles. The Balaban J connectivity index is 2.07. The monoisotopic (exact) mass is 253 g/mol. The molecule has 2 aromatic carbocycles. The molecule has 0 fully saturated rings. The highest BCUT2D eigenvalue weighted by Gasteiger charge is 2.02. The number of hydrogen-bond acceptors (Lipinski definition) is 3. The van der Waals surface area contributed by atoms with E-state index in [1.807, 2.05) is 37.3 Å².